The van der Waals surface area contributed by atoms with Gasteiger partial charge in [-0.1, -0.05) is 62.8 Å². The number of nitrogens with zero attached hydrogens (tertiary/aromatic N) is 12. The van der Waals surface area contributed by atoms with Crippen molar-refractivity contribution in [3.8, 4) is 68.7 Å². The number of benzene rings is 8. The number of aromatic nitrogens is 12. The van der Waals surface area contributed by atoms with Crippen LogP contribution in [0.4, 0.5) is 0 Å². The van der Waals surface area contributed by atoms with Gasteiger partial charge in [-0.2, -0.15) is 93.2 Å². The van der Waals surface area contributed by atoms with Gasteiger partial charge in [-0.3, -0.25) is 38.7 Å². The fourth-order valence-corrected chi connectivity index (χ4v) is 17.6. The van der Waals surface area contributed by atoms with E-state index in [1.165, 1.54) is 38.5 Å². The van der Waals surface area contributed by atoms with Gasteiger partial charge in [0, 0.05) is 138 Å². The Bertz CT molecular complexity index is 6280. The molecule has 4 fully saturated rings. The van der Waals surface area contributed by atoms with Gasteiger partial charge in [0.05, 0.1) is 22.8 Å². The molecule has 20 rings (SSSR count). The van der Waals surface area contributed by atoms with Crippen LogP contribution in [0.2, 0.25) is 0 Å². The minimum atomic E-state index is -0.103. The first kappa shape index (κ1) is 92.7. The molecule has 0 atom stereocenters. The molecule has 0 saturated heterocycles. The second-order valence-electron chi connectivity index (χ2n) is 32.4. The summed E-state index contributed by atoms with van der Waals surface area (Å²) in [5, 5.41) is 18.2. The molecule has 0 N–H and O–H groups in total. The topological polar surface area (TPSA) is 160 Å². The number of aryl methyl sites for hydroxylation is 8. The maximum absolute atomic E-state index is 6.23. The Labute approximate surface area is 795 Å². The molecule has 4 aliphatic rings. The predicted molar refractivity (Wildman–Crippen MR) is 474 cm³/mol. The summed E-state index contributed by atoms with van der Waals surface area (Å²) in [5.41, 5.74) is 20.4. The summed E-state index contributed by atoms with van der Waals surface area (Å²) in [6.07, 6.45) is 23.5. The van der Waals surface area contributed by atoms with Crippen molar-refractivity contribution in [2.24, 2.45) is 0 Å². The van der Waals surface area contributed by atoms with Crippen LogP contribution in [0.25, 0.3) is 22.7 Å². The third kappa shape index (κ3) is 20.8. The fraction of sp³-hybridized carbons (Fsp3) is 0.245. The van der Waals surface area contributed by atoms with E-state index in [1.54, 1.807) is 0 Å². The van der Waals surface area contributed by atoms with Gasteiger partial charge in [-0.05, 0) is 202 Å². The zero-order valence-corrected chi connectivity index (χ0v) is 77.8. The number of hydrogen-bond donors (Lipinski definition) is 0. The second kappa shape index (κ2) is 41.7. The zero-order valence-electron chi connectivity index (χ0n) is 71.6. The number of hydrogen-bond acceptors (Lipinski definition) is 12. The molecule has 0 unspecified atom stereocenters. The Morgan fingerprint density at radius 2 is 0.444 bits per heavy atom. The van der Waals surface area contributed by atoms with Crippen LogP contribution in [0, 0.1) is 104 Å². The van der Waals surface area contributed by atoms with Crippen molar-refractivity contribution in [2.75, 3.05) is 0 Å². The van der Waals surface area contributed by atoms with Crippen LogP contribution in [0.5, 0.6) is 46.0 Å². The van der Waals surface area contributed by atoms with Gasteiger partial charge >= 0.3 is 81.7 Å². The van der Waals surface area contributed by atoms with Crippen molar-refractivity contribution in [2.45, 2.75) is 167 Å². The molecule has 0 amide bonds. The average Bonchev–Trinajstić information content (AvgIpc) is 1.34. The first-order chi connectivity index (χ1) is 59.6. The molecule has 0 spiro atoms. The Hall–Kier alpha value is -11.0. The van der Waals surface area contributed by atoms with Gasteiger partial charge in [-0.25, -0.2) is 0 Å². The first-order valence-electron chi connectivity index (χ1n) is 42.3. The molecule has 0 bridgehead atoms. The summed E-state index contributed by atoms with van der Waals surface area (Å²) in [7, 11) is 0. The maximum atomic E-state index is 6.23. The monoisotopic (exact) mass is 2020 g/mol. The van der Waals surface area contributed by atoms with Crippen LogP contribution in [-0.4, -0.2) is 59.1 Å². The Balaban J connectivity index is 0.000000143. The van der Waals surface area contributed by atoms with E-state index in [-0.39, 0.29) is 103 Å². The average molecular weight is 2030 g/mol. The van der Waals surface area contributed by atoms with Crippen molar-refractivity contribution in [1.29, 1.82) is 0 Å². The van der Waals surface area contributed by atoms with Gasteiger partial charge in [0.2, 0.25) is 0 Å². The summed E-state index contributed by atoms with van der Waals surface area (Å²) in [5.74, 6) is 5.37. The minimum absolute atomic E-state index is 0. The number of ether oxygens (including phenoxy) is 4. The van der Waals surface area contributed by atoms with Crippen molar-refractivity contribution >= 4 is 0 Å². The summed E-state index contributed by atoms with van der Waals surface area (Å²) in [6.45, 7) is 16.1. The third-order valence-electron chi connectivity index (χ3n) is 23.7. The molecule has 4 aliphatic carbocycles. The Kier molecular flexibility index (Phi) is 30.7. The molecule has 126 heavy (non-hydrogen) atoms. The van der Waals surface area contributed by atoms with Crippen molar-refractivity contribution in [3.63, 3.8) is 0 Å². The molecule has 4 saturated carbocycles. The number of pyridine rings is 4. The molecular formula is C106H96N12O4Pd4. The van der Waals surface area contributed by atoms with Gasteiger partial charge < -0.3 is 18.9 Å². The summed E-state index contributed by atoms with van der Waals surface area (Å²) < 4.78 is 32.2. The quantitative estimate of drug-likeness (QED) is 0.0526. The van der Waals surface area contributed by atoms with Crippen LogP contribution < -0.4 is 18.9 Å². The molecule has 0 radical (unpaired) electrons. The van der Waals surface area contributed by atoms with E-state index in [0.29, 0.717) is 46.0 Å². The van der Waals surface area contributed by atoms with E-state index in [1.807, 2.05) is 251 Å². The van der Waals surface area contributed by atoms with E-state index in [0.717, 1.165) is 165 Å². The molecule has 0 aliphatic heterocycles. The third-order valence-corrected chi connectivity index (χ3v) is 23.7. The first-order valence-corrected chi connectivity index (χ1v) is 42.3. The van der Waals surface area contributed by atoms with Crippen LogP contribution >= 0.6 is 0 Å². The normalized spacial score (nSPS) is 14.5. The molecule has 8 aromatic heterocycles. The van der Waals surface area contributed by atoms with Crippen LogP contribution in [0.1, 0.15) is 180 Å². The molecule has 8 heterocycles. The van der Waals surface area contributed by atoms with Gasteiger partial charge in [0.15, 0.2) is 0 Å². The number of rotatable bonds is 20. The zero-order chi connectivity index (χ0) is 83.6. The Morgan fingerprint density at radius 1 is 0.230 bits per heavy atom. The SMILES string of the molecule is Cc1cc(C)n(-c2[c-]c(Oc3[c-]c(C4(c5ccccn5)CC4)ccc3)ccc2)n1.Cc1cc(C)n(-c2[c-]c(Oc3[c-]c(C4(c5ccccn5)CCC4)ccc3)ccc2)n1.Cc1cc(C)n(-c2[c-]c(Oc3[c-]c(C4(c5ccccn5)CCCC4)ccc3)ccc2)n1.Cc1cc(C)n(-c2[c-]c(Oc3[c-]c(C4(c5ccccn5)CCCCC4)ccc3)ccc2)n1.[Pd+2].[Pd+2].[Pd+2].[Pd+2]. The maximum Gasteiger partial charge on any atom is 2.00 e. The molecular weight excluding hydrogens is 1930 g/mol. The van der Waals surface area contributed by atoms with Crippen molar-refractivity contribution in [1.82, 2.24) is 59.1 Å². The van der Waals surface area contributed by atoms with Gasteiger partial charge in [-0.15, -0.1) is 144 Å². The van der Waals surface area contributed by atoms with Crippen LogP contribution in [0.3, 0.4) is 0 Å². The van der Waals surface area contributed by atoms with Gasteiger partial charge in [0.1, 0.15) is 0 Å². The van der Waals surface area contributed by atoms with E-state index in [9.17, 15) is 0 Å². The Morgan fingerprint density at radius 3 is 0.643 bits per heavy atom. The van der Waals surface area contributed by atoms with E-state index in [4.69, 9.17) is 28.9 Å². The van der Waals surface area contributed by atoms with Crippen LogP contribution in [-0.2, 0) is 103 Å². The summed E-state index contributed by atoms with van der Waals surface area (Å²) >= 11 is 0. The van der Waals surface area contributed by atoms with Crippen molar-refractivity contribution < 1.29 is 101 Å². The largest absolute Gasteiger partial charge is 2.00 e. The molecule has 644 valence electrons. The van der Waals surface area contributed by atoms with E-state index >= 15 is 0 Å². The molecule has 16 nitrogen and oxygen atoms in total. The van der Waals surface area contributed by atoms with Crippen molar-refractivity contribution in [3.05, 3.63) is 407 Å². The minimum Gasteiger partial charge on any atom is -0.509 e. The summed E-state index contributed by atoms with van der Waals surface area (Å²) in [6, 6.07) is 108. The standard InChI is InChI=1S/C28H27N3O.C27H25N3O.C26H23N3O.C25H21N3O.4Pd/c1-21-18-22(2)31(30-21)24-11-9-13-26(20-24)32-25-12-8-10-23(19-25)28(15-5-3-6-16-28)27-14-4-7-17-29-27;1-20-17-21(2)30(29-20)23-10-8-12-25(19-23)31-24-11-7-9-22(18-24)27(14-4-5-15-27)26-13-3-6-16-28-26;1-19-16-20(2)29(28-19)22-9-6-11-24(18-22)30-23-10-5-8-21(17-23)26(13-7-14-26)25-12-3-4-15-27-25;1-18-15-19(2)28(27-18)21-8-6-10-23(17-21)29-22-9-5-7-20(16-22)25(12-13-25)24-11-3-4-14-26-24;;;;/h4,7-14,17-18H,3,5-6,15-16H2,1-2H3;3,6-13,16-17H,4-5,14-15H2,1-2H3;3-6,8-12,15-16H,7,13-14H2,1-2H3;3-11,14-15H,12-13H2,1-2H3;;;;/q4*-2;4*+2. The van der Waals surface area contributed by atoms with E-state index < -0.39 is 0 Å². The molecule has 20 heteroatoms. The molecule has 8 aromatic carbocycles. The fourth-order valence-electron chi connectivity index (χ4n) is 17.6. The second-order valence-corrected chi connectivity index (χ2v) is 32.4. The van der Waals surface area contributed by atoms with Gasteiger partial charge in [0.25, 0.3) is 0 Å². The predicted octanol–water partition coefficient (Wildman–Crippen LogP) is 23.8. The molecule has 16 aromatic rings. The smallest absolute Gasteiger partial charge is 0.509 e. The van der Waals surface area contributed by atoms with Crippen LogP contribution in [0.15, 0.2) is 267 Å². The summed E-state index contributed by atoms with van der Waals surface area (Å²) in [4.78, 5) is 18.7. The van der Waals surface area contributed by atoms with E-state index in [2.05, 4.69) is 170 Å².